The second-order valence-electron chi connectivity index (χ2n) is 4.51. The normalized spacial score (nSPS) is 11.2. The lowest BCUT2D eigenvalue weighted by Crippen LogP contribution is -2.00. The average Bonchev–Trinajstić information content (AvgIpc) is 2.86. The third-order valence-corrected chi connectivity index (χ3v) is 4.59. The number of aromatic amines is 1. The summed E-state index contributed by atoms with van der Waals surface area (Å²) < 4.78 is 2.99. The van der Waals surface area contributed by atoms with Crippen molar-refractivity contribution in [3.05, 3.63) is 50.4 Å². The van der Waals surface area contributed by atoms with E-state index < -0.39 is 0 Å². The molecule has 18 heavy (non-hydrogen) atoms. The van der Waals surface area contributed by atoms with Crippen molar-refractivity contribution >= 4 is 34.6 Å². The van der Waals surface area contributed by atoms with E-state index in [4.69, 9.17) is 12.2 Å². The summed E-state index contributed by atoms with van der Waals surface area (Å²) in [6, 6.07) is 8.42. The predicted octanol–water partition coefficient (Wildman–Crippen LogP) is 4.43. The Hall–Kier alpha value is -1.39. The molecule has 2 aromatic heterocycles. The Morgan fingerprint density at radius 3 is 2.78 bits per heavy atom. The van der Waals surface area contributed by atoms with Crippen LogP contribution in [0.4, 0.5) is 0 Å². The van der Waals surface area contributed by atoms with Gasteiger partial charge in [-0.05, 0) is 54.7 Å². The monoisotopic (exact) mass is 274 g/mol. The van der Waals surface area contributed by atoms with Crippen LogP contribution in [-0.2, 0) is 6.54 Å². The van der Waals surface area contributed by atoms with E-state index in [1.807, 2.05) is 0 Å². The maximum atomic E-state index is 5.44. The van der Waals surface area contributed by atoms with Crippen LogP contribution >= 0.6 is 23.6 Å². The van der Waals surface area contributed by atoms with Gasteiger partial charge < -0.3 is 9.55 Å². The van der Waals surface area contributed by atoms with Gasteiger partial charge in [-0.1, -0.05) is 12.1 Å². The molecule has 0 unspecified atom stereocenters. The van der Waals surface area contributed by atoms with Crippen LogP contribution in [0.3, 0.4) is 0 Å². The summed E-state index contributed by atoms with van der Waals surface area (Å²) in [5.41, 5.74) is 4.93. The van der Waals surface area contributed by atoms with Crippen LogP contribution in [0.1, 0.15) is 16.0 Å². The largest absolute Gasteiger partial charge is 0.331 e. The van der Waals surface area contributed by atoms with Gasteiger partial charge in [-0.3, -0.25) is 0 Å². The molecule has 3 rings (SSSR count). The number of benzene rings is 1. The van der Waals surface area contributed by atoms with E-state index in [2.05, 4.69) is 53.0 Å². The van der Waals surface area contributed by atoms with Crippen molar-refractivity contribution in [3.63, 3.8) is 0 Å². The molecule has 0 aliphatic carbocycles. The summed E-state index contributed by atoms with van der Waals surface area (Å²) >= 11 is 7.23. The minimum absolute atomic E-state index is 0.798. The molecule has 0 saturated carbocycles. The summed E-state index contributed by atoms with van der Waals surface area (Å²) in [5, 5.41) is 2.13. The van der Waals surface area contributed by atoms with E-state index in [-0.39, 0.29) is 0 Å². The van der Waals surface area contributed by atoms with Gasteiger partial charge in [-0.15, -0.1) is 11.3 Å². The Kier molecular flexibility index (Phi) is 2.84. The van der Waals surface area contributed by atoms with Gasteiger partial charge in [-0.25, -0.2) is 0 Å². The predicted molar refractivity (Wildman–Crippen MR) is 80.0 cm³/mol. The van der Waals surface area contributed by atoms with Gasteiger partial charge in [0.2, 0.25) is 0 Å². The fourth-order valence-corrected chi connectivity index (χ4v) is 3.42. The second kappa shape index (κ2) is 4.37. The van der Waals surface area contributed by atoms with Crippen LogP contribution in [0.5, 0.6) is 0 Å². The Labute approximate surface area is 115 Å². The van der Waals surface area contributed by atoms with Crippen LogP contribution in [-0.4, -0.2) is 9.55 Å². The maximum Gasteiger partial charge on any atom is 0.178 e. The van der Waals surface area contributed by atoms with Crippen molar-refractivity contribution in [2.45, 2.75) is 20.4 Å². The number of nitrogens with one attached hydrogen (secondary N) is 1. The summed E-state index contributed by atoms with van der Waals surface area (Å²) in [6.07, 6.45) is 0. The molecule has 0 spiro atoms. The molecule has 92 valence electrons. The summed E-state index contributed by atoms with van der Waals surface area (Å²) in [4.78, 5) is 4.65. The van der Waals surface area contributed by atoms with Crippen LogP contribution in [0.2, 0.25) is 0 Å². The molecule has 2 heterocycles. The molecule has 4 heteroatoms. The molecule has 0 bridgehead atoms. The molecule has 0 saturated heterocycles. The zero-order chi connectivity index (χ0) is 12.7. The van der Waals surface area contributed by atoms with Crippen molar-refractivity contribution in [1.29, 1.82) is 0 Å². The van der Waals surface area contributed by atoms with E-state index in [1.54, 1.807) is 11.3 Å². The topological polar surface area (TPSA) is 20.7 Å². The molecule has 0 aliphatic rings. The minimum Gasteiger partial charge on any atom is -0.331 e. The first-order valence-corrected chi connectivity index (χ1v) is 7.16. The first kappa shape index (κ1) is 11.7. The lowest BCUT2D eigenvalue weighted by atomic mass is 10.2. The van der Waals surface area contributed by atoms with E-state index >= 15 is 0 Å². The summed E-state index contributed by atoms with van der Waals surface area (Å²) in [6.45, 7) is 5.13. The molecular weight excluding hydrogens is 260 g/mol. The molecular formula is C14H14N2S2. The summed E-state index contributed by atoms with van der Waals surface area (Å²) in [5.74, 6) is 0. The quantitative estimate of drug-likeness (QED) is 0.686. The highest BCUT2D eigenvalue weighted by atomic mass is 32.1. The van der Waals surface area contributed by atoms with Crippen LogP contribution in [0.25, 0.3) is 11.0 Å². The van der Waals surface area contributed by atoms with Crippen molar-refractivity contribution in [1.82, 2.24) is 9.55 Å². The SMILES string of the molecule is Cc1ccsc1Cn1c(=S)[nH]c2cccc(C)c21. The van der Waals surface area contributed by atoms with Gasteiger partial charge >= 0.3 is 0 Å². The maximum absolute atomic E-state index is 5.44. The van der Waals surface area contributed by atoms with E-state index in [0.29, 0.717) is 0 Å². The van der Waals surface area contributed by atoms with E-state index in [9.17, 15) is 0 Å². The zero-order valence-corrected chi connectivity index (χ0v) is 12.0. The number of aromatic nitrogens is 2. The van der Waals surface area contributed by atoms with Crippen LogP contribution < -0.4 is 0 Å². The highest BCUT2D eigenvalue weighted by molar-refractivity contribution is 7.71. The number of rotatable bonds is 2. The highest BCUT2D eigenvalue weighted by Crippen LogP contribution is 2.23. The number of hydrogen-bond donors (Lipinski definition) is 1. The zero-order valence-electron chi connectivity index (χ0n) is 10.4. The molecule has 0 radical (unpaired) electrons. The third-order valence-electron chi connectivity index (χ3n) is 3.26. The number of nitrogens with zero attached hydrogens (tertiary/aromatic N) is 1. The molecule has 0 amide bonds. The number of para-hydroxylation sites is 1. The van der Waals surface area contributed by atoms with Gasteiger partial charge in [0.1, 0.15) is 0 Å². The van der Waals surface area contributed by atoms with Crippen LogP contribution in [0.15, 0.2) is 29.6 Å². The number of hydrogen-bond acceptors (Lipinski definition) is 2. The standard InChI is InChI=1S/C14H14N2S2/c1-9-6-7-18-12(9)8-16-13-10(2)4-3-5-11(13)15-14(16)17/h3-7H,8H2,1-2H3,(H,15,17). The average molecular weight is 274 g/mol. The fourth-order valence-electron chi connectivity index (χ4n) is 2.26. The smallest absolute Gasteiger partial charge is 0.178 e. The van der Waals surface area contributed by atoms with Crippen molar-refractivity contribution in [3.8, 4) is 0 Å². The van der Waals surface area contributed by atoms with Gasteiger partial charge in [0.25, 0.3) is 0 Å². The minimum atomic E-state index is 0.798. The lowest BCUT2D eigenvalue weighted by Gasteiger charge is -2.06. The first-order chi connectivity index (χ1) is 8.66. The molecule has 0 aliphatic heterocycles. The van der Waals surface area contributed by atoms with Crippen molar-refractivity contribution in [2.24, 2.45) is 0 Å². The Bertz CT molecular complexity index is 762. The Morgan fingerprint density at radius 2 is 2.06 bits per heavy atom. The number of fused-ring (bicyclic) bond motifs is 1. The van der Waals surface area contributed by atoms with Gasteiger partial charge in [0, 0.05) is 4.88 Å². The third kappa shape index (κ3) is 1.82. The fraction of sp³-hybridized carbons (Fsp3) is 0.214. The molecule has 2 nitrogen and oxygen atoms in total. The first-order valence-electron chi connectivity index (χ1n) is 5.88. The summed E-state index contributed by atoms with van der Waals surface area (Å²) in [7, 11) is 0. The second-order valence-corrected chi connectivity index (χ2v) is 5.90. The van der Waals surface area contributed by atoms with Gasteiger partial charge in [0.05, 0.1) is 17.6 Å². The highest BCUT2D eigenvalue weighted by Gasteiger charge is 2.09. The number of aryl methyl sites for hydroxylation is 2. The molecule has 0 fully saturated rings. The van der Waals surface area contributed by atoms with Crippen molar-refractivity contribution < 1.29 is 0 Å². The molecule has 1 aromatic carbocycles. The molecule has 3 aromatic rings. The van der Waals surface area contributed by atoms with Gasteiger partial charge in [0.15, 0.2) is 4.77 Å². The lowest BCUT2D eigenvalue weighted by molar-refractivity contribution is 0.817. The van der Waals surface area contributed by atoms with Crippen LogP contribution in [0, 0.1) is 18.6 Å². The number of H-pyrrole nitrogens is 1. The number of thiophene rings is 1. The van der Waals surface area contributed by atoms with Gasteiger partial charge in [-0.2, -0.15) is 0 Å². The Balaban J connectivity index is 2.20. The molecule has 0 atom stereocenters. The van der Waals surface area contributed by atoms with Crippen molar-refractivity contribution in [2.75, 3.05) is 0 Å². The van der Waals surface area contributed by atoms with E-state index in [0.717, 1.165) is 16.8 Å². The van der Waals surface area contributed by atoms with E-state index in [1.165, 1.54) is 21.5 Å². The Morgan fingerprint density at radius 1 is 1.22 bits per heavy atom. The number of imidazole rings is 1. The molecule has 1 N–H and O–H groups in total.